The van der Waals surface area contributed by atoms with Crippen molar-refractivity contribution in [3.63, 3.8) is 0 Å². The fraction of sp³-hybridized carbons (Fsp3) is 0. The van der Waals surface area contributed by atoms with Gasteiger partial charge in [-0.2, -0.15) is 6.20 Å². The van der Waals surface area contributed by atoms with Crippen molar-refractivity contribution in [3.8, 4) is 0 Å². The van der Waals surface area contributed by atoms with Gasteiger partial charge < -0.3 is 5.32 Å². The predicted octanol–water partition coefficient (Wildman–Crippen LogP) is 5.28. The predicted molar refractivity (Wildman–Crippen MR) is 115 cm³/mol. The minimum Gasteiger partial charge on any atom is -0.661 e. The molecule has 0 radical (unpaired) electrons. The summed E-state index contributed by atoms with van der Waals surface area (Å²) in [6.07, 6.45) is 7.96. The van der Waals surface area contributed by atoms with E-state index < -0.39 is 7.26 Å². The first kappa shape index (κ1) is 16.6. The van der Waals surface area contributed by atoms with Crippen LogP contribution in [0.3, 0.4) is 0 Å². The van der Waals surface area contributed by atoms with Gasteiger partial charge in [0.25, 0.3) is 0 Å². The molecule has 4 rings (SSSR count). The van der Waals surface area contributed by atoms with Gasteiger partial charge >= 0.3 is 0 Å². The third kappa shape index (κ3) is 3.14. The molecule has 3 aromatic carbocycles. The van der Waals surface area contributed by atoms with Crippen LogP contribution in [0.1, 0.15) is 0 Å². The van der Waals surface area contributed by atoms with Crippen molar-refractivity contribution < 1.29 is 0 Å². The molecule has 0 aromatic heterocycles. The number of rotatable bonds is 4. The zero-order chi connectivity index (χ0) is 17.7. The van der Waals surface area contributed by atoms with Gasteiger partial charge in [0.2, 0.25) is 0 Å². The topological polar surface area (TPSA) is 14.1 Å². The first-order valence-electron chi connectivity index (χ1n) is 8.72. The van der Waals surface area contributed by atoms with Gasteiger partial charge in [-0.15, -0.1) is 0 Å². The monoisotopic (exact) mass is 353 g/mol. The third-order valence-electron chi connectivity index (χ3n) is 4.50. The molecule has 0 N–H and O–H groups in total. The molecule has 1 aliphatic heterocycles. The van der Waals surface area contributed by atoms with E-state index in [4.69, 9.17) is 0 Å². The van der Waals surface area contributed by atoms with Crippen molar-refractivity contribution in [1.29, 1.82) is 0 Å². The Morgan fingerprint density at radius 1 is 0.577 bits per heavy atom. The van der Waals surface area contributed by atoms with E-state index in [0.29, 0.717) is 0 Å². The van der Waals surface area contributed by atoms with Gasteiger partial charge in [-0.05, 0) is 36.4 Å². The van der Waals surface area contributed by atoms with E-state index in [9.17, 15) is 0 Å². The van der Waals surface area contributed by atoms with Crippen LogP contribution < -0.4 is 15.9 Å². The van der Waals surface area contributed by atoms with Gasteiger partial charge in [0.05, 0.1) is 5.82 Å². The Morgan fingerprint density at radius 2 is 1.04 bits per heavy atom. The van der Waals surface area contributed by atoms with Gasteiger partial charge in [0.15, 0.2) is 0 Å². The molecule has 1 nitrogen and oxygen atoms in total. The summed E-state index contributed by atoms with van der Waals surface area (Å²) >= 11 is 0. The summed E-state index contributed by atoms with van der Waals surface area (Å²) < 4.78 is 0. The van der Waals surface area contributed by atoms with E-state index in [1.54, 1.807) is 0 Å². The van der Waals surface area contributed by atoms with Crippen LogP contribution in [-0.4, -0.2) is 0 Å². The molecule has 2 heteroatoms. The SMILES string of the molecule is C1=C[N-]/C(=C\[P+](c2ccccc2)(c2ccccc2)c2ccccc2)C=C1. The van der Waals surface area contributed by atoms with Gasteiger partial charge in [-0.3, -0.25) is 0 Å². The summed E-state index contributed by atoms with van der Waals surface area (Å²) in [5.41, 5.74) is 1.01. The van der Waals surface area contributed by atoms with Crippen molar-refractivity contribution >= 4 is 23.2 Å². The molecule has 3 aromatic rings. The molecular weight excluding hydrogens is 333 g/mol. The zero-order valence-corrected chi connectivity index (χ0v) is 15.3. The first-order valence-corrected chi connectivity index (χ1v) is 10.6. The lowest BCUT2D eigenvalue weighted by molar-refractivity contribution is 1.57. The Labute approximate surface area is 155 Å². The normalized spacial score (nSPS) is 15.0. The Hall–Kier alpha value is -2.89. The fourth-order valence-corrected chi connectivity index (χ4v) is 7.13. The molecule has 0 spiro atoms. The van der Waals surface area contributed by atoms with Crippen LogP contribution in [0.25, 0.3) is 5.32 Å². The Balaban J connectivity index is 2.04. The van der Waals surface area contributed by atoms with Gasteiger partial charge in [-0.1, -0.05) is 78.5 Å². The second kappa shape index (κ2) is 7.56. The van der Waals surface area contributed by atoms with Crippen molar-refractivity contribution in [2.45, 2.75) is 0 Å². The smallest absolute Gasteiger partial charge is 0.135 e. The van der Waals surface area contributed by atoms with Crippen LogP contribution in [-0.2, 0) is 0 Å². The summed E-state index contributed by atoms with van der Waals surface area (Å²) in [6.45, 7) is 0. The summed E-state index contributed by atoms with van der Waals surface area (Å²) in [4.78, 5) is 0. The highest BCUT2D eigenvalue weighted by molar-refractivity contribution is 7.98. The van der Waals surface area contributed by atoms with E-state index in [1.807, 2.05) is 12.3 Å². The lowest BCUT2D eigenvalue weighted by atomic mass is 10.3. The third-order valence-corrected chi connectivity index (χ3v) is 8.49. The van der Waals surface area contributed by atoms with E-state index >= 15 is 0 Å². The van der Waals surface area contributed by atoms with E-state index in [-0.39, 0.29) is 0 Å². The highest BCUT2D eigenvalue weighted by atomic mass is 31.2. The lowest BCUT2D eigenvalue weighted by Crippen LogP contribution is -2.29. The molecule has 0 saturated carbocycles. The summed E-state index contributed by atoms with van der Waals surface area (Å²) in [5.74, 6) is 2.38. The molecule has 0 atom stereocenters. The standard InChI is InChI=1S/C24H20NP/c1-4-13-22(14-5-1)26(23-15-6-2-7-16-23,24-17-8-3-9-18-24)20-21-12-10-11-19-25-21/h1-20H/b21-20-. The second-order valence-corrected chi connectivity index (χ2v) is 9.37. The molecule has 1 aliphatic rings. The molecule has 126 valence electrons. The van der Waals surface area contributed by atoms with Crippen LogP contribution in [0.2, 0.25) is 0 Å². The summed E-state index contributed by atoms with van der Waals surface area (Å²) in [5, 5.41) is 8.62. The van der Waals surface area contributed by atoms with Crippen molar-refractivity contribution in [3.05, 3.63) is 132 Å². The minimum atomic E-state index is -1.96. The highest BCUT2D eigenvalue weighted by Crippen LogP contribution is 2.58. The molecule has 0 fully saturated rings. The van der Waals surface area contributed by atoms with Crippen LogP contribution in [0.5, 0.6) is 0 Å². The molecule has 0 saturated heterocycles. The quantitative estimate of drug-likeness (QED) is 0.567. The average Bonchev–Trinajstić information content (AvgIpc) is 2.75. The number of allylic oxidation sites excluding steroid dienone is 3. The molecular formula is C24H20NP. The molecule has 0 unspecified atom stereocenters. The van der Waals surface area contributed by atoms with Crippen LogP contribution >= 0.6 is 7.26 Å². The van der Waals surface area contributed by atoms with Gasteiger partial charge in [0, 0.05) is 0 Å². The number of hydrogen-bond acceptors (Lipinski definition) is 0. The van der Waals surface area contributed by atoms with Crippen molar-refractivity contribution in [2.75, 3.05) is 0 Å². The maximum absolute atomic E-state index is 4.61. The summed E-state index contributed by atoms with van der Waals surface area (Å²) in [6, 6.07) is 32.5. The maximum atomic E-state index is 4.61. The number of benzene rings is 3. The first-order chi connectivity index (χ1) is 12.9. The van der Waals surface area contributed by atoms with Crippen molar-refractivity contribution in [1.82, 2.24) is 0 Å². The molecule has 26 heavy (non-hydrogen) atoms. The Bertz CT molecular complexity index is 845. The van der Waals surface area contributed by atoms with Gasteiger partial charge in [0.1, 0.15) is 23.2 Å². The molecule has 0 bridgehead atoms. The van der Waals surface area contributed by atoms with Crippen LogP contribution in [0, 0.1) is 0 Å². The number of nitrogens with zero attached hydrogens (tertiary/aromatic N) is 1. The second-order valence-electron chi connectivity index (χ2n) is 6.11. The largest absolute Gasteiger partial charge is 0.661 e. The molecule has 0 aliphatic carbocycles. The van der Waals surface area contributed by atoms with Gasteiger partial charge in [-0.25, -0.2) is 0 Å². The van der Waals surface area contributed by atoms with E-state index in [1.165, 1.54) is 15.9 Å². The molecule has 0 amide bonds. The summed E-state index contributed by atoms with van der Waals surface area (Å²) in [7, 11) is -1.96. The van der Waals surface area contributed by atoms with E-state index in [2.05, 4.69) is 114 Å². The fourth-order valence-electron chi connectivity index (χ4n) is 3.31. The number of hydrogen-bond donors (Lipinski definition) is 0. The highest BCUT2D eigenvalue weighted by Gasteiger charge is 2.43. The van der Waals surface area contributed by atoms with Crippen molar-refractivity contribution in [2.24, 2.45) is 0 Å². The lowest BCUT2D eigenvalue weighted by Gasteiger charge is -2.28. The van der Waals surface area contributed by atoms with Crippen LogP contribution in [0.15, 0.2) is 127 Å². The molecule has 1 heterocycles. The van der Waals surface area contributed by atoms with Crippen LogP contribution in [0.4, 0.5) is 0 Å². The Kier molecular flexibility index (Phi) is 4.82. The van der Waals surface area contributed by atoms with E-state index in [0.717, 1.165) is 5.70 Å². The maximum Gasteiger partial charge on any atom is 0.135 e. The average molecular weight is 353 g/mol. The zero-order valence-electron chi connectivity index (χ0n) is 14.4. The Morgan fingerprint density at radius 3 is 1.42 bits per heavy atom. The minimum absolute atomic E-state index is 1.01.